The van der Waals surface area contributed by atoms with Gasteiger partial charge >= 0.3 is 5.97 Å². The van der Waals surface area contributed by atoms with Crippen LogP contribution in [0.3, 0.4) is 0 Å². The van der Waals surface area contributed by atoms with Crippen LogP contribution < -0.4 is 0 Å². The number of hydrogen-bond donors (Lipinski definition) is 1. The highest BCUT2D eigenvalue weighted by Gasteiger charge is 2.17. The molecule has 6 nitrogen and oxygen atoms in total. The van der Waals surface area contributed by atoms with Crippen molar-refractivity contribution in [2.45, 2.75) is 13.8 Å². The summed E-state index contributed by atoms with van der Waals surface area (Å²) in [5.41, 5.74) is 6.59. The molecule has 6 heteroatoms. The van der Waals surface area contributed by atoms with Gasteiger partial charge in [-0.15, -0.1) is 5.10 Å². The van der Waals surface area contributed by atoms with Gasteiger partial charge in [-0.25, -0.2) is 14.3 Å². The van der Waals surface area contributed by atoms with Crippen LogP contribution in [0.1, 0.15) is 21.7 Å². The molecular formula is C20H18N4O2. The lowest BCUT2D eigenvalue weighted by molar-refractivity contribution is 0.0679. The Morgan fingerprint density at radius 1 is 0.962 bits per heavy atom. The third-order valence-corrected chi connectivity index (χ3v) is 4.70. The van der Waals surface area contributed by atoms with Crippen molar-refractivity contribution in [2.75, 3.05) is 0 Å². The predicted molar refractivity (Wildman–Crippen MR) is 99.3 cm³/mol. The van der Waals surface area contributed by atoms with Crippen LogP contribution in [-0.2, 0) is 7.05 Å². The zero-order valence-corrected chi connectivity index (χ0v) is 14.8. The number of nitrogens with zero attached hydrogens (tertiary/aromatic N) is 4. The third kappa shape index (κ3) is 2.56. The summed E-state index contributed by atoms with van der Waals surface area (Å²) in [5.74, 6) is -0.614. The van der Waals surface area contributed by atoms with E-state index in [0.29, 0.717) is 5.78 Å². The Kier molecular flexibility index (Phi) is 3.61. The van der Waals surface area contributed by atoms with Gasteiger partial charge in [-0.3, -0.25) is 4.57 Å². The van der Waals surface area contributed by atoms with E-state index in [9.17, 15) is 4.79 Å². The van der Waals surface area contributed by atoms with Crippen LogP contribution in [0.15, 0.2) is 48.7 Å². The highest BCUT2D eigenvalue weighted by Crippen LogP contribution is 2.26. The minimum Gasteiger partial charge on any atom is -0.475 e. The number of hydrogen-bond acceptors (Lipinski definition) is 3. The molecule has 0 atom stereocenters. The van der Waals surface area contributed by atoms with E-state index in [2.05, 4.69) is 54.3 Å². The summed E-state index contributed by atoms with van der Waals surface area (Å²) in [4.78, 5) is 15.7. The van der Waals surface area contributed by atoms with E-state index in [-0.39, 0.29) is 5.82 Å². The molecule has 0 radical (unpaired) electrons. The van der Waals surface area contributed by atoms with Crippen molar-refractivity contribution in [2.24, 2.45) is 7.05 Å². The summed E-state index contributed by atoms with van der Waals surface area (Å²) in [6.07, 6.45) is 1.74. The first kappa shape index (κ1) is 16.1. The molecule has 0 saturated carbocycles. The number of fused-ring (bicyclic) bond motifs is 1. The average Bonchev–Trinajstić information content (AvgIpc) is 3.17. The Hall–Kier alpha value is -3.41. The molecule has 0 spiro atoms. The fraction of sp³-hybridized carbons (Fsp3) is 0.150. The van der Waals surface area contributed by atoms with Gasteiger partial charge in [0, 0.05) is 12.6 Å². The monoisotopic (exact) mass is 346 g/mol. The molecule has 0 bridgehead atoms. The van der Waals surface area contributed by atoms with Gasteiger partial charge in [0.25, 0.3) is 0 Å². The smallest absolute Gasteiger partial charge is 0.374 e. The summed E-state index contributed by atoms with van der Waals surface area (Å²) in [7, 11) is 1.64. The first-order valence-corrected chi connectivity index (χ1v) is 8.27. The molecule has 2 heterocycles. The van der Waals surface area contributed by atoms with Crippen LogP contribution in [0.25, 0.3) is 28.2 Å². The summed E-state index contributed by atoms with van der Waals surface area (Å²) < 4.78 is 2.96. The normalized spacial score (nSPS) is 11.2. The molecule has 4 rings (SSSR count). The number of aryl methyl sites for hydroxylation is 3. The van der Waals surface area contributed by atoms with Crippen LogP contribution in [0, 0.1) is 13.8 Å². The zero-order chi connectivity index (χ0) is 18.4. The van der Waals surface area contributed by atoms with E-state index in [4.69, 9.17) is 5.11 Å². The molecule has 0 unspecified atom stereocenters. The third-order valence-electron chi connectivity index (χ3n) is 4.70. The zero-order valence-electron chi connectivity index (χ0n) is 14.8. The lowest BCUT2D eigenvalue weighted by Crippen LogP contribution is -2.06. The van der Waals surface area contributed by atoms with E-state index >= 15 is 0 Å². The summed E-state index contributed by atoms with van der Waals surface area (Å²) in [6.45, 7) is 4.22. The van der Waals surface area contributed by atoms with Crippen molar-refractivity contribution in [3.05, 3.63) is 65.6 Å². The topological polar surface area (TPSA) is 72.4 Å². The molecule has 2 aromatic carbocycles. The lowest BCUT2D eigenvalue weighted by Gasteiger charge is -2.06. The Morgan fingerprint density at radius 3 is 2.23 bits per heavy atom. The fourth-order valence-corrected chi connectivity index (χ4v) is 3.01. The Morgan fingerprint density at radius 2 is 1.62 bits per heavy atom. The molecular weight excluding hydrogens is 328 g/mol. The van der Waals surface area contributed by atoms with Crippen molar-refractivity contribution in [3.8, 4) is 22.4 Å². The molecule has 0 fully saturated rings. The second-order valence-corrected chi connectivity index (χ2v) is 6.43. The molecule has 0 aliphatic rings. The minimum absolute atomic E-state index is 0.0378. The standard InChI is InChI=1S/C20H18N4O2/c1-12-4-5-16(10-13(12)2)14-6-8-15(9-7-14)17-11-24-20(21-17)23(3)18(22-24)19(25)26/h4-11H,1-3H3,(H,25,26). The molecule has 0 aliphatic heterocycles. The Labute approximate surface area is 150 Å². The number of aromatic nitrogens is 4. The van der Waals surface area contributed by atoms with Gasteiger partial charge in [0.1, 0.15) is 0 Å². The number of benzene rings is 2. The van der Waals surface area contributed by atoms with Crippen LogP contribution >= 0.6 is 0 Å². The van der Waals surface area contributed by atoms with Crippen molar-refractivity contribution in [1.29, 1.82) is 0 Å². The van der Waals surface area contributed by atoms with Crippen molar-refractivity contribution in [3.63, 3.8) is 0 Å². The first-order chi connectivity index (χ1) is 12.4. The van der Waals surface area contributed by atoms with E-state index in [0.717, 1.165) is 16.8 Å². The second kappa shape index (κ2) is 5.84. The minimum atomic E-state index is -1.07. The Bertz CT molecular complexity index is 1140. The maximum absolute atomic E-state index is 11.1. The number of carboxylic acids is 1. The number of rotatable bonds is 3. The number of carboxylic acid groups (broad SMARTS) is 1. The van der Waals surface area contributed by atoms with Crippen molar-refractivity contribution in [1.82, 2.24) is 19.2 Å². The van der Waals surface area contributed by atoms with E-state index < -0.39 is 5.97 Å². The summed E-state index contributed by atoms with van der Waals surface area (Å²) in [5, 5.41) is 13.2. The molecule has 0 amide bonds. The average molecular weight is 346 g/mol. The maximum Gasteiger partial charge on any atom is 0.374 e. The SMILES string of the molecule is Cc1ccc(-c2ccc(-c3cn4nc(C(=O)O)n(C)c4n3)cc2)cc1C. The van der Waals surface area contributed by atoms with E-state index in [1.165, 1.54) is 25.8 Å². The van der Waals surface area contributed by atoms with Gasteiger partial charge < -0.3 is 5.11 Å². The maximum atomic E-state index is 11.1. The van der Waals surface area contributed by atoms with Crippen LogP contribution in [0.4, 0.5) is 0 Å². The van der Waals surface area contributed by atoms with Crippen molar-refractivity contribution < 1.29 is 9.90 Å². The number of aromatic carboxylic acids is 1. The van der Waals surface area contributed by atoms with Crippen molar-refractivity contribution >= 4 is 11.7 Å². The van der Waals surface area contributed by atoms with Gasteiger partial charge in [0.05, 0.1) is 11.9 Å². The van der Waals surface area contributed by atoms with Crippen LogP contribution in [-0.4, -0.2) is 30.2 Å². The molecule has 130 valence electrons. The van der Waals surface area contributed by atoms with Crippen LogP contribution in [0.2, 0.25) is 0 Å². The quantitative estimate of drug-likeness (QED) is 0.614. The molecule has 1 N–H and O–H groups in total. The first-order valence-electron chi connectivity index (χ1n) is 8.27. The highest BCUT2D eigenvalue weighted by molar-refractivity contribution is 5.84. The van der Waals surface area contributed by atoms with Gasteiger partial charge in [0.2, 0.25) is 11.6 Å². The molecule has 4 aromatic rings. The number of carbonyl (C=O) groups is 1. The lowest BCUT2D eigenvalue weighted by atomic mass is 9.99. The highest BCUT2D eigenvalue weighted by atomic mass is 16.4. The van der Waals surface area contributed by atoms with Gasteiger partial charge in [-0.05, 0) is 36.1 Å². The summed E-state index contributed by atoms with van der Waals surface area (Å²) >= 11 is 0. The number of imidazole rings is 1. The summed E-state index contributed by atoms with van der Waals surface area (Å²) in [6, 6.07) is 14.6. The van der Waals surface area contributed by atoms with Gasteiger partial charge in [0.15, 0.2) is 0 Å². The largest absolute Gasteiger partial charge is 0.475 e. The second-order valence-electron chi connectivity index (χ2n) is 6.43. The Balaban J connectivity index is 1.69. The predicted octanol–water partition coefficient (Wildman–Crippen LogP) is 3.72. The molecule has 26 heavy (non-hydrogen) atoms. The van der Waals surface area contributed by atoms with Crippen LogP contribution in [0.5, 0.6) is 0 Å². The fourth-order valence-electron chi connectivity index (χ4n) is 3.01. The van der Waals surface area contributed by atoms with E-state index in [1.807, 2.05) is 12.1 Å². The van der Waals surface area contributed by atoms with E-state index in [1.54, 1.807) is 13.2 Å². The molecule has 0 aliphatic carbocycles. The molecule has 2 aromatic heterocycles. The molecule has 0 saturated heterocycles. The van der Waals surface area contributed by atoms with Gasteiger partial charge in [-0.2, -0.15) is 0 Å². The van der Waals surface area contributed by atoms with Gasteiger partial charge in [-0.1, -0.05) is 42.5 Å².